The van der Waals surface area contributed by atoms with Crippen LogP contribution in [0.4, 0.5) is 0 Å². The number of halogens is 2. The Kier molecular flexibility index (Phi) is 7.42. The summed E-state index contributed by atoms with van der Waals surface area (Å²) in [5, 5.41) is 12.8. The number of hydrogen-bond acceptors (Lipinski definition) is 4. The topological polar surface area (TPSA) is 66.4 Å². The van der Waals surface area contributed by atoms with Crippen LogP contribution in [0.15, 0.2) is 30.0 Å². The van der Waals surface area contributed by atoms with Crippen LogP contribution < -0.4 is 34.7 Å². The number of ether oxygens (including phenoxy) is 1. The Bertz CT molecular complexity index is 616. The zero-order valence-corrected chi connectivity index (χ0v) is 15.8. The van der Waals surface area contributed by atoms with E-state index in [4.69, 9.17) is 27.9 Å². The fourth-order valence-electron chi connectivity index (χ4n) is 2.44. The quantitative estimate of drug-likeness (QED) is 0.543. The first-order chi connectivity index (χ1) is 9.93. The first kappa shape index (κ1) is 19.5. The maximum atomic E-state index is 12.0. The SMILES string of the molecule is CCOC(=O)C1C([O-])=CC(=O)CC1c1ccc(Cl)cc1Cl.[Na+]. The Hall–Kier alpha value is -0.520. The van der Waals surface area contributed by atoms with Crippen LogP contribution >= 0.6 is 23.2 Å². The molecule has 2 rings (SSSR count). The number of esters is 1. The fourth-order valence-corrected chi connectivity index (χ4v) is 2.99. The van der Waals surface area contributed by atoms with E-state index in [-0.39, 0.29) is 48.4 Å². The largest absolute Gasteiger partial charge is 1.00 e. The van der Waals surface area contributed by atoms with E-state index in [2.05, 4.69) is 0 Å². The predicted octanol–water partition coefficient (Wildman–Crippen LogP) is -0.523. The van der Waals surface area contributed by atoms with Crippen molar-refractivity contribution in [1.29, 1.82) is 0 Å². The van der Waals surface area contributed by atoms with E-state index in [1.807, 2.05) is 0 Å². The molecule has 0 spiro atoms. The minimum atomic E-state index is -1.04. The summed E-state index contributed by atoms with van der Waals surface area (Å²) >= 11 is 12.0. The van der Waals surface area contributed by atoms with Crippen LogP contribution in [0, 0.1) is 5.92 Å². The van der Waals surface area contributed by atoms with Crippen molar-refractivity contribution >= 4 is 35.0 Å². The van der Waals surface area contributed by atoms with Crippen molar-refractivity contribution in [2.45, 2.75) is 19.3 Å². The maximum Gasteiger partial charge on any atom is 1.00 e. The second kappa shape index (κ2) is 8.37. The summed E-state index contributed by atoms with van der Waals surface area (Å²) in [6.45, 7) is 1.82. The molecule has 7 heteroatoms. The number of allylic oxidation sites excluding steroid dienone is 1. The van der Waals surface area contributed by atoms with Crippen LogP contribution in [0.25, 0.3) is 0 Å². The normalized spacial score (nSPS) is 20.9. The third-order valence-corrected chi connectivity index (χ3v) is 3.90. The van der Waals surface area contributed by atoms with Crippen LogP contribution in [0.1, 0.15) is 24.8 Å². The molecule has 1 aromatic rings. The van der Waals surface area contributed by atoms with Gasteiger partial charge in [-0.15, -0.1) is 5.76 Å². The van der Waals surface area contributed by atoms with E-state index in [1.54, 1.807) is 19.1 Å². The van der Waals surface area contributed by atoms with Crippen LogP contribution in [-0.2, 0) is 14.3 Å². The van der Waals surface area contributed by atoms with Gasteiger partial charge in [-0.2, -0.15) is 0 Å². The van der Waals surface area contributed by atoms with Gasteiger partial charge in [0.2, 0.25) is 0 Å². The molecule has 0 aliphatic heterocycles. The molecule has 112 valence electrons. The summed E-state index contributed by atoms with van der Waals surface area (Å²) < 4.78 is 4.94. The van der Waals surface area contributed by atoms with Crippen LogP contribution in [0.5, 0.6) is 0 Å². The summed E-state index contributed by atoms with van der Waals surface area (Å²) in [5.74, 6) is -3.17. The molecule has 0 aromatic heterocycles. The van der Waals surface area contributed by atoms with E-state index >= 15 is 0 Å². The average molecular weight is 351 g/mol. The molecule has 4 nitrogen and oxygen atoms in total. The molecule has 0 bridgehead atoms. The third kappa shape index (κ3) is 4.27. The van der Waals surface area contributed by atoms with Gasteiger partial charge in [0.05, 0.1) is 12.5 Å². The zero-order valence-electron chi connectivity index (χ0n) is 12.3. The number of ketones is 1. The van der Waals surface area contributed by atoms with E-state index < -0.39 is 23.6 Å². The number of hydrogen-bond donors (Lipinski definition) is 0. The van der Waals surface area contributed by atoms with Crippen molar-refractivity contribution in [3.05, 3.63) is 45.6 Å². The van der Waals surface area contributed by atoms with Gasteiger partial charge in [0.15, 0.2) is 5.78 Å². The number of benzene rings is 1. The molecule has 0 saturated heterocycles. The molecule has 0 saturated carbocycles. The minimum absolute atomic E-state index is 0. The number of carbonyl (C=O) groups is 2. The Morgan fingerprint density at radius 1 is 1.41 bits per heavy atom. The van der Waals surface area contributed by atoms with Gasteiger partial charge < -0.3 is 9.84 Å². The zero-order chi connectivity index (χ0) is 15.6. The maximum absolute atomic E-state index is 12.0. The monoisotopic (exact) mass is 350 g/mol. The Morgan fingerprint density at radius 2 is 2.09 bits per heavy atom. The van der Waals surface area contributed by atoms with Gasteiger partial charge >= 0.3 is 35.5 Å². The van der Waals surface area contributed by atoms with Gasteiger partial charge in [-0.05, 0) is 30.7 Å². The molecule has 0 N–H and O–H groups in total. The van der Waals surface area contributed by atoms with Crippen molar-refractivity contribution in [3.63, 3.8) is 0 Å². The Morgan fingerprint density at radius 3 is 2.68 bits per heavy atom. The molecule has 0 fully saturated rings. The fraction of sp³-hybridized carbons (Fsp3) is 0.333. The predicted molar refractivity (Wildman–Crippen MR) is 77.0 cm³/mol. The summed E-state index contributed by atoms with van der Waals surface area (Å²) in [6, 6.07) is 4.76. The van der Waals surface area contributed by atoms with Gasteiger partial charge in [-0.1, -0.05) is 29.3 Å². The Labute approximate surface area is 160 Å². The molecule has 1 aliphatic carbocycles. The summed E-state index contributed by atoms with van der Waals surface area (Å²) in [7, 11) is 0. The molecule has 1 aromatic carbocycles. The molecule has 2 atom stereocenters. The Balaban J connectivity index is 0.00000242. The smallest absolute Gasteiger partial charge is 0.875 e. The van der Waals surface area contributed by atoms with Gasteiger partial charge in [0, 0.05) is 22.4 Å². The van der Waals surface area contributed by atoms with Gasteiger partial charge in [-0.25, -0.2) is 0 Å². The van der Waals surface area contributed by atoms with Crippen molar-refractivity contribution in [2.75, 3.05) is 6.61 Å². The van der Waals surface area contributed by atoms with Crippen molar-refractivity contribution in [2.24, 2.45) is 5.92 Å². The van der Waals surface area contributed by atoms with E-state index in [1.165, 1.54) is 6.07 Å². The van der Waals surface area contributed by atoms with E-state index in [0.29, 0.717) is 15.6 Å². The first-order valence-corrected chi connectivity index (χ1v) is 7.22. The number of rotatable bonds is 3. The van der Waals surface area contributed by atoms with Crippen molar-refractivity contribution < 1.29 is 49.0 Å². The minimum Gasteiger partial charge on any atom is -0.875 e. The second-order valence-electron chi connectivity index (χ2n) is 4.72. The summed E-state index contributed by atoms with van der Waals surface area (Å²) in [4.78, 5) is 23.7. The van der Waals surface area contributed by atoms with Crippen LogP contribution in [0.2, 0.25) is 10.0 Å². The molecule has 2 unspecified atom stereocenters. The van der Waals surface area contributed by atoms with Crippen LogP contribution in [0.3, 0.4) is 0 Å². The standard InChI is InChI=1S/C15H14Cl2O4.Na/c1-2-21-15(20)14-11(6-9(18)7-13(14)19)10-4-3-8(16)5-12(10)17;/h3-5,7,11,14,19H,2,6H2,1H3;/q;+1/p-1. The third-order valence-electron chi connectivity index (χ3n) is 3.34. The van der Waals surface area contributed by atoms with Crippen molar-refractivity contribution in [1.82, 2.24) is 0 Å². The first-order valence-electron chi connectivity index (χ1n) is 6.47. The summed E-state index contributed by atoms with van der Waals surface area (Å²) in [5.41, 5.74) is 0.550. The second-order valence-corrected chi connectivity index (χ2v) is 5.56. The number of carbonyl (C=O) groups excluding carboxylic acids is 2. The van der Waals surface area contributed by atoms with Gasteiger partial charge in [-0.3, -0.25) is 9.59 Å². The van der Waals surface area contributed by atoms with E-state index in [9.17, 15) is 14.7 Å². The molecule has 0 amide bonds. The molecule has 0 heterocycles. The summed E-state index contributed by atoms with van der Waals surface area (Å²) in [6.07, 6.45) is 0.998. The van der Waals surface area contributed by atoms with E-state index in [0.717, 1.165) is 6.08 Å². The van der Waals surface area contributed by atoms with Crippen molar-refractivity contribution in [3.8, 4) is 0 Å². The average Bonchev–Trinajstić information content (AvgIpc) is 2.37. The van der Waals surface area contributed by atoms with Gasteiger partial charge in [0.25, 0.3) is 0 Å². The molecular formula is C15H13Cl2NaO4. The molecule has 1 aliphatic rings. The molecule has 0 radical (unpaired) electrons. The van der Waals surface area contributed by atoms with Crippen LogP contribution in [-0.4, -0.2) is 18.4 Å². The van der Waals surface area contributed by atoms with Gasteiger partial charge in [0.1, 0.15) is 0 Å². The molecular weight excluding hydrogens is 338 g/mol. The molecule has 22 heavy (non-hydrogen) atoms.